The molecular weight excluding hydrogens is 841 g/mol. The number of thiophene rings is 1. The maximum atomic E-state index is 2.49. The zero-order chi connectivity index (χ0) is 44.8. The minimum absolute atomic E-state index is 0.516. The summed E-state index contributed by atoms with van der Waals surface area (Å²) < 4.78 is 5.02. The van der Waals surface area contributed by atoms with Crippen LogP contribution in [0.15, 0.2) is 255 Å². The third kappa shape index (κ3) is 5.70. The van der Waals surface area contributed by atoms with E-state index in [1.807, 2.05) is 11.3 Å². The summed E-state index contributed by atoms with van der Waals surface area (Å²) in [5.41, 5.74) is 16.5. The molecule has 13 aromatic rings. The number of nitrogens with zero attached hydrogens (tertiary/aromatic N) is 2. The molecule has 3 heteroatoms. The van der Waals surface area contributed by atoms with E-state index in [1.165, 1.54) is 103 Å². The van der Waals surface area contributed by atoms with E-state index < -0.39 is 5.41 Å². The fourth-order valence-corrected chi connectivity index (χ4v) is 12.8. The molecule has 0 radical (unpaired) electrons. The molecule has 0 bridgehead atoms. The van der Waals surface area contributed by atoms with Crippen LogP contribution in [0.3, 0.4) is 0 Å². The normalized spacial score (nSPS) is 12.8. The molecule has 2 aromatic heterocycles. The van der Waals surface area contributed by atoms with Crippen LogP contribution in [0.5, 0.6) is 0 Å². The lowest BCUT2D eigenvalue weighted by atomic mass is 9.67. The van der Waals surface area contributed by atoms with Gasteiger partial charge in [0.05, 0.1) is 26.8 Å². The largest absolute Gasteiger partial charge is 0.310 e. The van der Waals surface area contributed by atoms with Crippen molar-refractivity contribution in [2.45, 2.75) is 5.41 Å². The first-order valence-corrected chi connectivity index (χ1v) is 24.2. The third-order valence-electron chi connectivity index (χ3n) is 14.5. The van der Waals surface area contributed by atoms with Crippen LogP contribution in [0, 0.1) is 0 Å². The predicted octanol–water partition coefficient (Wildman–Crippen LogP) is 17.8. The molecule has 1 aliphatic rings. The summed E-state index contributed by atoms with van der Waals surface area (Å²) in [5.74, 6) is 0. The summed E-state index contributed by atoms with van der Waals surface area (Å²) in [4.78, 5) is 2.46. The molecule has 0 unspecified atom stereocenters. The first kappa shape index (κ1) is 38.7. The maximum Gasteiger partial charge on any atom is 0.0714 e. The maximum absolute atomic E-state index is 2.49. The third-order valence-corrected chi connectivity index (χ3v) is 15.6. The fraction of sp³-hybridized carbons (Fsp3) is 0.0154. The van der Waals surface area contributed by atoms with Crippen LogP contribution in [0.2, 0.25) is 0 Å². The van der Waals surface area contributed by atoms with Crippen molar-refractivity contribution in [3.05, 3.63) is 277 Å². The molecule has 1 aliphatic carbocycles. The SMILES string of the molecule is c1ccc(-c2ccc(N(c3ccc4c(c3)C(c3ccccc3)(c3ccccc3)c3ccccc3-4)c3ccc4c(c3)sc3c(-n5c6ccccc6c6c7ccccc7ccc65)cccc34)cc2)cc1. The Labute approximate surface area is 398 Å². The Hall–Kier alpha value is -8.50. The van der Waals surface area contributed by atoms with E-state index in [9.17, 15) is 0 Å². The average molecular weight is 883 g/mol. The van der Waals surface area contributed by atoms with Gasteiger partial charge in [0.1, 0.15) is 0 Å². The lowest BCUT2D eigenvalue weighted by molar-refractivity contribution is 0.768. The first-order valence-electron chi connectivity index (χ1n) is 23.4. The molecule has 318 valence electrons. The number of fused-ring (bicyclic) bond motifs is 11. The molecule has 11 aromatic carbocycles. The first-order chi connectivity index (χ1) is 33.7. The van der Waals surface area contributed by atoms with Crippen LogP contribution < -0.4 is 4.90 Å². The minimum Gasteiger partial charge on any atom is -0.310 e. The monoisotopic (exact) mass is 882 g/mol. The number of para-hydroxylation sites is 1. The van der Waals surface area contributed by atoms with Gasteiger partial charge in [-0.05, 0) is 110 Å². The molecule has 0 saturated heterocycles. The molecule has 0 aliphatic heterocycles. The van der Waals surface area contributed by atoms with Crippen LogP contribution >= 0.6 is 11.3 Å². The van der Waals surface area contributed by atoms with Crippen LogP contribution in [-0.4, -0.2) is 4.57 Å². The van der Waals surface area contributed by atoms with Crippen molar-refractivity contribution in [1.82, 2.24) is 4.57 Å². The van der Waals surface area contributed by atoms with Crippen molar-refractivity contribution < 1.29 is 0 Å². The van der Waals surface area contributed by atoms with Gasteiger partial charge in [-0.15, -0.1) is 11.3 Å². The van der Waals surface area contributed by atoms with E-state index in [0.717, 1.165) is 17.1 Å². The zero-order valence-corrected chi connectivity index (χ0v) is 37.9. The van der Waals surface area contributed by atoms with Crippen LogP contribution in [-0.2, 0) is 5.41 Å². The van der Waals surface area contributed by atoms with Crippen molar-refractivity contribution in [1.29, 1.82) is 0 Å². The minimum atomic E-state index is -0.516. The Morgan fingerprint density at radius 3 is 1.76 bits per heavy atom. The summed E-state index contributed by atoms with van der Waals surface area (Å²) in [5, 5.41) is 7.64. The highest BCUT2D eigenvalue weighted by Gasteiger charge is 2.46. The van der Waals surface area contributed by atoms with Gasteiger partial charge in [0.25, 0.3) is 0 Å². The summed E-state index contributed by atoms with van der Waals surface area (Å²) in [6.45, 7) is 0. The Bertz CT molecular complexity index is 4030. The lowest BCUT2D eigenvalue weighted by Gasteiger charge is -2.35. The van der Waals surface area contributed by atoms with E-state index in [0.29, 0.717) is 0 Å². The number of aromatic nitrogens is 1. The number of hydrogen-bond donors (Lipinski definition) is 0. The summed E-state index contributed by atoms with van der Waals surface area (Å²) in [6.07, 6.45) is 0. The van der Waals surface area contributed by atoms with Crippen molar-refractivity contribution in [2.75, 3.05) is 4.90 Å². The molecular formula is C65H42N2S. The Balaban J connectivity index is 0.986. The molecule has 0 atom stereocenters. The zero-order valence-electron chi connectivity index (χ0n) is 37.1. The van der Waals surface area contributed by atoms with Gasteiger partial charge < -0.3 is 9.47 Å². The highest BCUT2D eigenvalue weighted by molar-refractivity contribution is 7.26. The molecule has 2 nitrogen and oxygen atoms in total. The van der Waals surface area contributed by atoms with Crippen LogP contribution in [0.25, 0.3) is 80.7 Å². The second-order valence-electron chi connectivity index (χ2n) is 18.0. The Morgan fingerprint density at radius 2 is 0.971 bits per heavy atom. The van der Waals surface area contributed by atoms with Crippen molar-refractivity contribution in [2.24, 2.45) is 0 Å². The Morgan fingerprint density at radius 1 is 0.368 bits per heavy atom. The molecule has 0 N–H and O–H groups in total. The predicted molar refractivity (Wildman–Crippen MR) is 289 cm³/mol. The van der Waals surface area contributed by atoms with Crippen LogP contribution in [0.4, 0.5) is 17.1 Å². The van der Waals surface area contributed by atoms with Gasteiger partial charge in [-0.1, -0.05) is 200 Å². The second kappa shape index (κ2) is 15.3. The molecule has 68 heavy (non-hydrogen) atoms. The Kier molecular flexibility index (Phi) is 8.71. The molecule has 0 fully saturated rings. The molecule has 2 heterocycles. The topological polar surface area (TPSA) is 8.17 Å². The van der Waals surface area contributed by atoms with E-state index >= 15 is 0 Å². The van der Waals surface area contributed by atoms with Crippen molar-refractivity contribution >= 4 is 81.1 Å². The van der Waals surface area contributed by atoms with E-state index in [1.54, 1.807) is 0 Å². The number of rotatable bonds is 7. The second-order valence-corrected chi connectivity index (χ2v) is 19.0. The van der Waals surface area contributed by atoms with Crippen LogP contribution in [0.1, 0.15) is 22.3 Å². The van der Waals surface area contributed by atoms with Gasteiger partial charge in [0.15, 0.2) is 0 Å². The average Bonchev–Trinajstić information content (AvgIpc) is 4.06. The number of benzene rings is 11. The van der Waals surface area contributed by atoms with Gasteiger partial charge >= 0.3 is 0 Å². The number of anilines is 3. The van der Waals surface area contributed by atoms with E-state index in [-0.39, 0.29) is 0 Å². The summed E-state index contributed by atoms with van der Waals surface area (Å²) in [6, 6.07) is 94.2. The van der Waals surface area contributed by atoms with Gasteiger partial charge in [0.2, 0.25) is 0 Å². The highest BCUT2D eigenvalue weighted by Crippen LogP contribution is 2.57. The van der Waals surface area contributed by atoms with Gasteiger partial charge in [0, 0.05) is 43.3 Å². The summed E-state index contributed by atoms with van der Waals surface area (Å²) >= 11 is 1.89. The van der Waals surface area contributed by atoms with Gasteiger partial charge in [-0.2, -0.15) is 0 Å². The highest BCUT2D eigenvalue weighted by atomic mass is 32.1. The quantitative estimate of drug-likeness (QED) is 0.155. The van der Waals surface area contributed by atoms with Gasteiger partial charge in [-0.25, -0.2) is 0 Å². The molecule has 0 amide bonds. The van der Waals surface area contributed by atoms with Crippen molar-refractivity contribution in [3.63, 3.8) is 0 Å². The molecule has 0 saturated carbocycles. The summed E-state index contributed by atoms with van der Waals surface area (Å²) in [7, 11) is 0. The number of hydrogen-bond acceptors (Lipinski definition) is 2. The van der Waals surface area contributed by atoms with E-state index in [4.69, 9.17) is 0 Å². The molecule has 0 spiro atoms. The van der Waals surface area contributed by atoms with E-state index in [2.05, 4.69) is 264 Å². The fourth-order valence-electron chi connectivity index (χ4n) is 11.5. The smallest absolute Gasteiger partial charge is 0.0714 e. The standard InChI is InChI=1S/C65H42N2S/c1-4-17-43(18-5-1)44-31-34-48(35-32-44)66(49-36-38-53-52-25-12-14-28-57(52)65(58(53)41-49,46-20-6-2-7-21-46)47-22-8-3-9-23-47)50-37-39-54-55-27-16-30-61(64(55)68-62(54)42-50)67-59-29-15-13-26-56(59)63-51-24-11-10-19-45(51)33-40-60(63)67/h1-42H. The van der Waals surface area contributed by atoms with Gasteiger partial charge in [-0.3, -0.25) is 0 Å². The van der Waals surface area contributed by atoms with Crippen molar-refractivity contribution in [3.8, 4) is 27.9 Å². The molecule has 14 rings (SSSR count). The lowest BCUT2D eigenvalue weighted by Crippen LogP contribution is -2.28.